The number of ether oxygens (including phenoxy) is 1. The molecule has 1 aliphatic heterocycles. The van der Waals surface area contributed by atoms with Crippen LogP contribution in [0.15, 0.2) is 29.4 Å². The second-order valence-corrected chi connectivity index (χ2v) is 7.50. The highest BCUT2D eigenvalue weighted by atomic mass is 32.2. The lowest BCUT2D eigenvalue weighted by Crippen LogP contribution is -2.19. The molecule has 2 aromatic rings. The molecule has 1 atom stereocenters. The van der Waals surface area contributed by atoms with Crippen molar-refractivity contribution in [2.45, 2.75) is 50.4 Å². The number of carbonyl (C=O) groups is 1. The van der Waals surface area contributed by atoms with Gasteiger partial charge in [-0.25, -0.2) is 4.39 Å². The zero-order chi connectivity index (χ0) is 18.5. The smallest absolute Gasteiger partial charge is 0.234 e. The van der Waals surface area contributed by atoms with Gasteiger partial charge in [-0.3, -0.25) is 4.79 Å². The topological polar surface area (TPSA) is 69.0 Å². The molecule has 0 spiro atoms. The van der Waals surface area contributed by atoms with Gasteiger partial charge in [-0.05, 0) is 25.0 Å². The Bertz CT molecular complexity index is 759. The number of benzene rings is 1. The quantitative estimate of drug-likeness (QED) is 0.748. The van der Waals surface area contributed by atoms with Crippen LogP contribution in [-0.4, -0.2) is 39.1 Å². The fourth-order valence-corrected chi connectivity index (χ4v) is 3.63. The first-order chi connectivity index (χ1) is 12.5. The minimum absolute atomic E-state index is 0.135. The van der Waals surface area contributed by atoms with Crippen molar-refractivity contribution in [3.05, 3.63) is 35.9 Å². The van der Waals surface area contributed by atoms with Crippen molar-refractivity contribution >= 4 is 23.4 Å². The van der Waals surface area contributed by atoms with Crippen molar-refractivity contribution in [2.75, 3.05) is 17.7 Å². The number of nitrogens with one attached hydrogen (secondary N) is 1. The normalized spacial score (nSPS) is 17.0. The predicted octanol–water partition coefficient (Wildman–Crippen LogP) is 3.45. The number of nitrogens with zero attached hydrogens (tertiary/aromatic N) is 3. The van der Waals surface area contributed by atoms with E-state index in [1.165, 1.54) is 23.9 Å². The fourth-order valence-electron chi connectivity index (χ4n) is 2.88. The van der Waals surface area contributed by atoms with Crippen molar-refractivity contribution in [1.29, 1.82) is 0 Å². The molecule has 26 heavy (non-hydrogen) atoms. The molecule has 3 rings (SSSR count). The molecule has 1 N–H and O–H groups in total. The van der Waals surface area contributed by atoms with Gasteiger partial charge in [0.2, 0.25) is 5.91 Å². The third-order valence-corrected chi connectivity index (χ3v) is 5.12. The Morgan fingerprint density at radius 3 is 2.92 bits per heavy atom. The van der Waals surface area contributed by atoms with Gasteiger partial charge in [0.25, 0.3) is 0 Å². The Balaban J connectivity index is 1.65. The van der Waals surface area contributed by atoms with E-state index in [1.807, 2.05) is 4.57 Å². The zero-order valence-corrected chi connectivity index (χ0v) is 15.8. The van der Waals surface area contributed by atoms with Gasteiger partial charge >= 0.3 is 0 Å². The van der Waals surface area contributed by atoms with E-state index in [1.54, 1.807) is 12.1 Å². The second kappa shape index (κ2) is 8.64. The Morgan fingerprint density at radius 1 is 1.42 bits per heavy atom. The molecule has 140 valence electrons. The minimum Gasteiger partial charge on any atom is -0.376 e. The predicted molar refractivity (Wildman–Crippen MR) is 98.8 cm³/mol. The van der Waals surface area contributed by atoms with E-state index < -0.39 is 5.82 Å². The molecule has 1 saturated heterocycles. The van der Waals surface area contributed by atoms with E-state index in [0.29, 0.717) is 11.7 Å². The SMILES string of the molecule is CC(C)c1nnc(SCC(=O)Nc2ccccc2F)n1CC1CCCO1. The highest BCUT2D eigenvalue weighted by Crippen LogP contribution is 2.24. The van der Waals surface area contributed by atoms with Gasteiger partial charge in [0, 0.05) is 12.5 Å². The van der Waals surface area contributed by atoms with Crippen LogP contribution in [0.3, 0.4) is 0 Å². The molecule has 1 aliphatic rings. The number of anilines is 1. The number of carbonyl (C=O) groups excluding carboxylic acids is 1. The summed E-state index contributed by atoms with van der Waals surface area (Å²) in [6.45, 7) is 5.61. The minimum atomic E-state index is -0.450. The second-order valence-electron chi connectivity index (χ2n) is 6.56. The first kappa shape index (κ1) is 18.8. The summed E-state index contributed by atoms with van der Waals surface area (Å²) in [4.78, 5) is 12.2. The number of hydrogen-bond acceptors (Lipinski definition) is 5. The molecule has 1 amide bonds. The van der Waals surface area contributed by atoms with Gasteiger partial charge in [-0.2, -0.15) is 0 Å². The number of para-hydroxylation sites is 1. The number of amides is 1. The van der Waals surface area contributed by atoms with Crippen LogP contribution < -0.4 is 5.32 Å². The van der Waals surface area contributed by atoms with Crippen LogP contribution in [0.5, 0.6) is 0 Å². The van der Waals surface area contributed by atoms with Gasteiger partial charge < -0.3 is 14.6 Å². The van der Waals surface area contributed by atoms with E-state index >= 15 is 0 Å². The maximum absolute atomic E-state index is 13.6. The van der Waals surface area contributed by atoms with Crippen LogP contribution in [0, 0.1) is 5.82 Å². The Morgan fingerprint density at radius 2 is 2.23 bits per heavy atom. The van der Waals surface area contributed by atoms with Crippen LogP contribution in [0.25, 0.3) is 0 Å². The van der Waals surface area contributed by atoms with Crippen LogP contribution in [0.2, 0.25) is 0 Å². The summed E-state index contributed by atoms with van der Waals surface area (Å²) in [5.41, 5.74) is 0.182. The molecule has 1 aromatic heterocycles. The number of halogens is 1. The van der Waals surface area contributed by atoms with E-state index in [4.69, 9.17) is 4.74 Å². The molecule has 0 radical (unpaired) electrons. The van der Waals surface area contributed by atoms with Gasteiger partial charge in [0.1, 0.15) is 11.6 Å². The number of thioether (sulfide) groups is 1. The average molecular weight is 378 g/mol. The zero-order valence-electron chi connectivity index (χ0n) is 14.9. The van der Waals surface area contributed by atoms with Crippen molar-refractivity contribution < 1.29 is 13.9 Å². The third-order valence-electron chi connectivity index (χ3n) is 4.15. The summed E-state index contributed by atoms with van der Waals surface area (Å²) >= 11 is 1.30. The molecule has 8 heteroatoms. The maximum Gasteiger partial charge on any atom is 0.234 e. The number of aromatic nitrogens is 3. The van der Waals surface area contributed by atoms with Gasteiger partial charge in [0.15, 0.2) is 5.16 Å². The molecule has 1 unspecified atom stereocenters. The van der Waals surface area contributed by atoms with Crippen molar-refractivity contribution in [3.63, 3.8) is 0 Å². The summed E-state index contributed by atoms with van der Waals surface area (Å²) in [5, 5.41) is 11.8. The van der Waals surface area contributed by atoms with Crippen LogP contribution in [-0.2, 0) is 16.1 Å². The molecule has 6 nitrogen and oxygen atoms in total. The van der Waals surface area contributed by atoms with E-state index in [9.17, 15) is 9.18 Å². The van der Waals surface area contributed by atoms with Gasteiger partial charge in [0.05, 0.1) is 24.1 Å². The summed E-state index contributed by atoms with van der Waals surface area (Å²) in [5.74, 6) is 0.520. The summed E-state index contributed by atoms with van der Waals surface area (Å²) in [7, 11) is 0. The van der Waals surface area contributed by atoms with Crippen molar-refractivity contribution in [1.82, 2.24) is 14.8 Å². The Labute approximate surface area is 156 Å². The lowest BCUT2D eigenvalue weighted by molar-refractivity contribution is -0.113. The summed E-state index contributed by atoms with van der Waals surface area (Å²) < 4.78 is 21.4. The van der Waals surface area contributed by atoms with Crippen molar-refractivity contribution in [2.24, 2.45) is 0 Å². The largest absolute Gasteiger partial charge is 0.376 e. The standard InChI is InChI=1S/C18H23FN4O2S/c1-12(2)17-21-22-18(23(17)10-13-6-5-9-25-13)26-11-16(24)20-15-8-4-3-7-14(15)19/h3-4,7-8,12-13H,5-6,9-11H2,1-2H3,(H,20,24). The molecular formula is C18H23FN4O2S. The molecule has 2 heterocycles. The van der Waals surface area contributed by atoms with Crippen molar-refractivity contribution in [3.8, 4) is 0 Å². The monoisotopic (exact) mass is 378 g/mol. The molecule has 0 aliphatic carbocycles. The van der Waals surface area contributed by atoms with Crippen LogP contribution in [0.1, 0.15) is 38.4 Å². The number of hydrogen-bond donors (Lipinski definition) is 1. The fraction of sp³-hybridized carbons (Fsp3) is 0.500. The molecule has 1 fully saturated rings. The Kier molecular flexibility index (Phi) is 6.26. The molecule has 0 bridgehead atoms. The molecule has 0 saturated carbocycles. The lowest BCUT2D eigenvalue weighted by atomic mass is 10.2. The van der Waals surface area contributed by atoms with Crippen LogP contribution >= 0.6 is 11.8 Å². The molecule has 1 aromatic carbocycles. The number of rotatable bonds is 7. The lowest BCUT2D eigenvalue weighted by Gasteiger charge is -2.16. The van der Waals surface area contributed by atoms with E-state index in [0.717, 1.165) is 25.3 Å². The molecular weight excluding hydrogens is 355 g/mol. The summed E-state index contributed by atoms with van der Waals surface area (Å²) in [6.07, 6.45) is 2.25. The highest BCUT2D eigenvalue weighted by Gasteiger charge is 2.22. The van der Waals surface area contributed by atoms with Gasteiger partial charge in [-0.1, -0.05) is 37.7 Å². The van der Waals surface area contributed by atoms with Gasteiger partial charge in [-0.15, -0.1) is 10.2 Å². The van der Waals surface area contributed by atoms with E-state index in [-0.39, 0.29) is 29.4 Å². The average Bonchev–Trinajstić information content (AvgIpc) is 3.25. The summed E-state index contributed by atoms with van der Waals surface area (Å²) in [6, 6.07) is 6.12. The first-order valence-electron chi connectivity index (χ1n) is 8.76. The maximum atomic E-state index is 13.6. The highest BCUT2D eigenvalue weighted by molar-refractivity contribution is 7.99. The van der Waals surface area contributed by atoms with Crippen LogP contribution in [0.4, 0.5) is 10.1 Å². The Hall–Kier alpha value is -1.93. The first-order valence-corrected chi connectivity index (χ1v) is 9.75. The van der Waals surface area contributed by atoms with E-state index in [2.05, 4.69) is 29.4 Å². The third kappa shape index (κ3) is 4.62.